The Labute approximate surface area is 399 Å². The Morgan fingerprint density at radius 2 is 1.71 bits per heavy atom. The monoisotopic (exact) mass is 1020 g/mol. The third-order valence-electron chi connectivity index (χ3n) is 12.9. The number of carbonyl (C=O) groups is 1. The molecule has 6 aromatic rings. The average Bonchev–Trinajstić information content (AvgIpc) is 3.79. The first-order valence-electron chi connectivity index (χ1n) is 22.4. The number of alkyl halides is 6. The molecule has 15 nitrogen and oxygen atoms in total. The molecule has 25 heteroatoms. The van der Waals surface area contributed by atoms with Crippen molar-refractivity contribution in [1.82, 2.24) is 39.4 Å². The van der Waals surface area contributed by atoms with Crippen molar-refractivity contribution in [2.45, 2.75) is 101 Å². The topological polar surface area (TPSA) is 180 Å². The van der Waals surface area contributed by atoms with Crippen LogP contribution in [0, 0.1) is 17.6 Å². The third kappa shape index (κ3) is 9.28. The second-order valence-corrected chi connectivity index (χ2v) is 20.1. The molecule has 4 heterocycles. The van der Waals surface area contributed by atoms with Gasteiger partial charge in [-0.3, -0.25) is 28.2 Å². The highest BCUT2D eigenvalue weighted by Crippen LogP contribution is 2.68. The van der Waals surface area contributed by atoms with E-state index in [-0.39, 0.29) is 100 Å². The van der Waals surface area contributed by atoms with Crippen LogP contribution >= 0.6 is 11.6 Å². The highest BCUT2D eigenvalue weighted by atomic mass is 35.5. The number of fused-ring (bicyclic) bond motifs is 5. The van der Waals surface area contributed by atoms with Gasteiger partial charge in [0, 0.05) is 75.2 Å². The summed E-state index contributed by atoms with van der Waals surface area (Å²) in [4.78, 5) is 39.7. The number of halogens is 9. The highest BCUT2D eigenvalue weighted by molar-refractivity contribution is 7.92. The molecule has 3 aliphatic rings. The fourth-order valence-electron chi connectivity index (χ4n) is 9.89. The molecule has 3 aliphatic carbocycles. The number of methoxy groups -OCH3 is 1. The number of aryl methyl sites for hydroxylation is 1. The summed E-state index contributed by atoms with van der Waals surface area (Å²) in [5.74, 6) is -12.9. The molecule has 1 amide bonds. The minimum Gasteiger partial charge on any atom is -0.385 e. The van der Waals surface area contributed by atoms with Crippen molar-refractivity contribution in [3.05, 3.63) is 97.4 Å². The van der Waals surface area contributed by atoms with E-state index in [1.807, 2.05) is 0 Å². The van der Waals surface area contributed by atoms with E-state index in [0.29, 0.717) is 22.9 Å². The van der Waals surface area contributed by atoms with Gasteiger partial charge in [0.05, 0.1) is 39.6 Å². The predicted octanol–water partition coefficient (Wildman–Crippen LogP) is 8.64. The van der Waals surface area contributed by atoms with Gasteiger partial charge in [-0.2, -0.15) is 19.0 Å². The number of ether oxygens (including phenoxy) is 1. The van der Waals surface area contributed by atoms with Crippen molar-refractivity contribution in [3.8, 4) is 5.69 Å². The summed E-state index contributed by atoms with van der Waals surface area (Å²) in [6, 6.07) is 5.14. The van der Waals surface area contributed by atoms with Crippen molar-refractivity contribution in [1.29, 1.82) is 0 Å². The molecule has 0 bridgehead atoms. The molecule has 0 radical (unpaired) electrons. The van der Waals surface area contributed by atoms with Crippen molar-refractivity contribution >= 4 is 61.0 Å². The lowest BCUT2D eigenvalue weighted by atomic mass is 9.84. The largest absolute Gasteiger partial charge is 0.385 e. The molecule has 0 saturated heterocycles. The van der Waals surface area contributed by atoms with Gasteiger partial charge in [-0.25, -0.2) is 44.7 Å². The van der Waals surface area contributed by atoms with E-state index >= 15 is 13.6 Å². The zero-order valence-corrected chi connectivity index (χ0v) is 39.2. The molecule has 374 valence electrons. The number of hydrogen-bond donors (Lipinski definition) is 3. The molecule has 2 saturated carbocycles. The van der Waals surface area contributed by atoms with Crippen LogP contribution in [0.2, 0.25) is 5.02 Å². The van der Waals surface area contributed by atoms with Crippen LogP contribution in [0.5, 0.6) is 0 Å². The van der Waals surface area contributed by atoms with Gasteiger partial charge >= 0.3 is 0 Å². The zero-order chi connectivity index (χ0) is 50.2. The van der Waals surface area contributed by atoms with Gasteiger partial charge in [0.15, 0.2) is 11.5 Å². The van der Waals surface area contributed by atoms with Crippen LogP contribution in [-0.4, -0.2) is 80.9 Å². The minimum absolute atomic E-state index is 0.0172. The molecule has 2 aromatic carbocycles. The standard InChI is InChI=1S/C45H45ClF8N10O5S/c1-4-55-29-19-28(22-8-10-44(51,52)11-9-22)57-40-35(29)43(66)64(31-7-6-27(46)34-37(31)62(12-5-13-69-2)60-41(34)61-70(3,67)68)42(58-40)30(16-21-14-23(47)17-24(48)15-21)56-32(65)20-63-38-33(36(59-63)39(49)50)25-18-26(25)45(38,53)54/h6-7,14-15,17,19,22,25-26,30,39H,4-5,8-13,16,18,20H2,1-3H3,(H,55,57)(H,56,65)(H,60,61)/t25-,26+,30-/m0/s1. The Hall–Kier alpha value is -5.88. The number of amides is 1. The Kier molecular flexibility index (Phi) is 12.9. The van der Waals surface area contributed by atoms with Crippen LogP contribution in [0.1, 0.15) is 104 Å². The molecule has 70 heavy (non-hydrogen) atoms. The van der Waals surface area contributed by atoms with Gasteiger partial charge in [-0.15, -0.1) is 0 Å². The van der Waals surface area contributed by atoms with E-state index in [2.05, 4.69) is 25.6 Å². The summed E-state index contributed by atoms with van der Waals surface area (Å²) in [5, 5.41) is 13.9. The SMILES string of the molecule is CCNc1cc(C2CCC(F)(F)CC2)nc2nc([C@H](Cc3cc(F)cc(F)c3)NC(=O)Cn3nc(C(F)F)c4c3C(F)(F)[C@@H]3C[C@H]43)n(-c3ccc(Cl)c4c(NS(C)(=O)=O)nn(CCCOC)c34)c(=O)c12. The number of carbonyl (C=O) groups excluding carboxylic acids is 1. The van der Waals surface area contributed by atoms with Gasteiger partial charge < -0.3 is 15.4 Å². The summed E-state index contributed by atoms with van der Waals surface area (Å²) >= 11 is 6.79. The number of anilines is 2. The van der Waals surface area contributed by atoms with E-state index in [0.717, 1.165) is 23.0 Å². The van der Waals surface area contributed by atoms with E-state index < -0.39 is 112 Å². The Balaban J connectivity index is 1.29. The molecule has 0 spiro atoms. The molecule has 2 fully saturated rings. The number of aromatic nitrogens is 7. The summed E-state index contributed by atoms with van der Waals surface area (Å²) in [5.41, 5.74) is -2.74. The van der Waals surface area contributed by atoms with Gasteiger partial charge in [0.25, 0.3) is 17.9 Å². The second-order valence-electron chi connectivity index (χ2n) is 17.9. The molecule has 3 atom stereocenters. The van der Waals surface area contributed by atoms with Crippen LogP contribution in [0.25, 0.3) is 27.6 Å². The maximum absolute atomic E-state index is 15.7. The second kappa shape index (κ2) is 18.4. The third-order valence-corrected chi connectivity index (χ3v) is 13.8. The number of nitrogens with zero attached hydrogens (tertiary/aromatic N) is 7. The summed E-state index contributed by atoms with van der Waals surface area (Å²) in [6.07, 6.45) is -3.45. The maximum Gasteiger partial charge on any atom is 0.293 e. The van der Waals surface area contributed by atoms with Crippen LogP contribution in [-0.2, 0) is 45.0 Å². The fraction of sp³-hybridized carbons (Fsp3) is 0.467. The van der Waals surface area contributed by atoms with Crippen LogP contribution in [0.4, 0.5) is 46.6 Å². The lowest BCUT2D eigenvalue weighted by Gasteiger charge is -2.28. The first-order valence-corrected chi connectivity index (χ1v) is 24.6. The van der Waals surface area contributed by atoms with Crippen molar-refractivity contribution in [2.75, 3.05) is 36.6 Å². The van der Waals surface area contributed by atoms with E-state index in [1.54, 1.807) is 13.0 Å². The van der Waals surface area contributed by atoms with E-state index in [9.17, 15) is 39.6 Å². The zero-order valence-electron chi connectivity index (χ0n) is 37.6. The van der Waals surface area contributed by atoms with Crippen molar-refractivity contribution in [3.63, 3.8) is 0 Å². The number of sulfonamides is 1. The number of pyridine rings is 1. The molecule has 0 aliphatic heterocycles. The normalized spacial score (nSPS) is 18.9. The smallest absolute Gasteiger partial charge is 0.293 e. The summed E-state index contributed by atoms with van der Waals surface area (Å²) in [7, 11) is -2.55. The lowest BCUT2D eigenvalue weighted by molar-refractivity contribution is -0.123. The first kappa shape index (κ1) is 49.1. The molecule has 4 aromatic heterocycles. The maximum atomic E-state index is 15.7. The highest BCUT2D eigenvalue weighted by Gasteiger charge is 2.67. The molecular weight excluding hydrogens is 980 g/mol. The van der Waals surface area contributed by atoms with Crippen LogP contribution < -0.4 is 20.9 Å². The number of rotatable bonds is 17. The molecular formula is C45H45ClF8N10O5S. The van der Waals surface area contributed by atoms with Gasteiger partial charge in [-0.05, 0) is 74.4 Å². The number of benzene rings is 2. The fourth-order valence-corrected chi connectivity index (χ4v) is 10.6. The summed E-state index contributed by atoms with van der Waals surface area (Å²) in [6.45, 7) is 1.19. The Morgan fingerprint density at radius 3 is 2.37 bits per heavy atom. The molecule has 9 rings (SSSR count). The number of hydrogen-bond acceptors (Lipinski definition) is 10. The quantitative estimate of drug-likeness (QED) is 0.0592. The molecule has 3 N–H and O–H groups in total. The first-order chi connectivity index (χ1) is 33.1. The van der Waals surface area contributed by atoms with Crippen LogP contribution in [0.3, 0.4) is 0 Å². The minimum atomic E-state index is -4.01. The average molecular weight is 1030 g/mol. The van der Waals surface area contributed by atoms with E-state index in [4.69, 9.17) is 26.3 Å². The van der Waals surface area contributed by atoms with Gasteiger partial charge in [0.2, 0.25) is 21.9 Å². The Bertz CT molecular complexity index is 3210. The molecule has 0 unspecified atom stereocenters. The Morgan fingerprint density at radius 1 is 1.00 bits per heavy atom. The summed E-state index contributed by atoms with van der Waals surface area (Å²) < 4.78 is 155. The predicted molar refractivity (Wildman–Crippen MR) is 242 cm³/mol. The van der Waals surface area contributed by atoms with Gasteiger partial charge in [-0.1, -0.05) is 11.6 Å². The van der Waals surface area contributed by atoms with Crippen LogP contribution in [0.15, 0.2) is 41.2 Å². The lowest BCUT2D eigenvalue weighted by Crippen LogP contribution is -2.38. The van der Waals surface area contributed by atoms with Gasteiger partial charge in [0.1, 0.15) is 40.8 Å². The van der Waals surface area contributed by atoms with Crippen molar-refractivity contribution in [2.24, 2.45) is 5.92 Å². The van der Waals surface area contributed by atoms with Crippen molar-refractivity contribution < 1.29 is 53.1 Å². The van der Waals surface area contributed by atoms with E-state index in [1.165, 1.54) is 23.9 Å². The number of nitrogens with one attached hydrogen (secondary N) is 3.